The van der Waals surface area contributed by atoms with Gasteiger partial charge in [0, 0.05) is 6.42 Å². The molecule has 21 heavy (non-hydrogen) atoms. The number of hydrogen-bond donors (Lipinski definition) is 2. The minimum atomic E-state index is -4.39. The summed E-state index contributed by atoms with van der Waals surface area (Å²) >= 11 is 0. The zero-order chi connectivity index (χ0) is 15.7. The van der Waals surface area contributed by atoms with Crippen LogP contribution in [0.5, 0.6) is 0 Å². The average Bonchev–Trinajstić information content (AvgIpc) is 2.43. The Kier molecular flexibility index (Phi) is 7.18. The Hall–Kier alpha value is -1.60. The van der Waals surface area contributed by atoms with Crippen molar-refractivity contribution in [1.29, 1.82) is 0 Å². The summed E-state index contributed by atoms with van der Waals surface area (Å²) in [6.07, 6.45) is -4.12. The monoisotopic (exact) mass is 305 g/mol. The second-order valence-electron chi connectivity index (χ2n) is 4.55. The highest BCUT2D eigenvalue weighted by molar-refractivity contribution is 5.76. The maximum atomic E-state index is 11.8. The SMILES string of the molecule is O=C(CCOCC(F)(F)F)NC(CO)Cc1ccccc1. The lowest BCUT2D eigenvalue weighted by atomic mass is 10.1. The van der Waals surface area contributed by atoms with Crippen molar-refractivity contribution < 1.29 is 27.8 Å². The highest BCUT2D eigenvalue weighted by atomic mass is 19.4. The molecule has 2 N–H and O–H groups in total. The maximum absolute atomic E-state index is 11.8. The van der Waals surface area contributed by atoms with Crippen LogP contribution in [-0.4, -0.2) is 43.1 Å². The van der Waals surface area contributed by atoms with Gasteiger partial charge in [0.2, 0.25) is 5.91 Å². The van der Waals surface area contributed by atoms with Crippen LogP contribution in [0.1, 0.15) is 12.0 Å². The normalized spacial score (nSPS) is 13.0. The number of hydrogen-bond acceptors (Lipinski definition) is 3. The van der Waals surface area contributed by atoms with Crippen LogP contribution >= 0.6 is 0 Å². The molecule has 0 aromatic heterocycles. The van der Waals surface area contributed by atoms with Crippen LogP contribution in [-0.2, 0) is 16.0 Å². The molecule has 0 bridgehead atoms. The summed E-state index contributed by atoms with van der Waals surface area (Å²) in [7, 11) is 0. The van der Waals surface area contributed by atoms with Crippen LogP contribution in [0.15, 0.2) is 30.3 Å². The summed E-state index contributed by atoms with van der Waals surface area (Å²) in [4.78, 5) is 11.5. The lowest BCUT2D eigenvalue weighted by Gasteiger charge is -2.16. The Labute approximate surface area is 120 Å². The second kappa shape index (κ2) is 8.63. The molecular formula is C14H18F3NO3. The van der Waals surface area contributed by atoms with Crippen LogP contribution in [0.25, 0.3) is 0 Å². The van der Waals surface area contributed by atoms with Crippen LogP contribution in [0.2, 0.25) is 0 Å². The van der Waals surface area contributed by atoms with Crippen molar-refractivity contribution in [1.82, 2.24) is 5.32 Å². The molecule has 7 heteroatoms. The predicted molar refractivity (Wildman–Crippen MR) is 70.7 cm³/mol. The molecule has 0 aliphatic rings. The van der Waals surface area contributed by atoms with E-state index in [0.717, 1.165) is 5.56 Å². The summed E-state index contributed by atoms with van der Waals surface area (Å²) in [6, 6.07) is 8.80. The molecule has 0 heterocycles. The van der Waals surface area contributed by atoms with Crippen molar-refractivity contribution in [2.75, 3.05) is 19.8 Å². The van der Waals surface area contributed by atoms with Gasteiger partial charge in [0.1, 0.15) is 6.61 Å². The first-order valence-corrected chi connectivity index (χ1v) is 6.49. The lowest BCUT2D eigenvalue weighted by molar-refractivity contribution is -0.174. The van der Waals surface area contributed by atoms with Crippen LogP contribution in [0.4, 0.5) is 13.2 Å². The van der Waals surface area contributed by atoms with Gasteiger partial charge < -0.3 is 15.2 Å². The van der Waals surface area contributed by atoms with Crippen molar-refractivity contribution in [3.8, 4) is 0 Å². The zero-order valence-corrected chi connectivity index (χ0v) is 11.4. The molecule has 0 fully saturated rings. The van der Waals surface area contributed by atoms with Crippen molar-refractivity contribution in [2.45, 2.75) is 25.1 Å². The minimum Gasteiger partial charge on any atom is -0.394 e. The van der Waals surface area contributed by atoms with Gasteiger partial charge in [-0.25, -0.2) is 0 Å². The molecule has 1 aromatic rings. The number of halogens is 3. The Bertz CT molecular complexity index is 423. The molecule has 1 aromatic carbocycles. The van der Waals surface area contributed by atoms with E-state index >= 15 is 0 Å². The van der Waals surface area contributed by atoms with Crippen molar-refractivity contribution in [3.63, 3.8) is 0 Å². The van der Waals surface area contributed by atoms with Gasteiger partial charge in [-0.1, -0.05) is 30.3 Å². The Morgan fingerprint density at radius 1 is 1.29 bits per heavy atom. The van der Waals surface area contributed by atoms with Gasteiger partial charge in [0.25, 0.3) is 0 Å². The first-order valence-electron chi connectivity index (χ1n) is 6.49. The highest BCUT2D eigenvalue weighted by Gasteiger charge is 2.27. The Morgan fingerprint density at radius 2 is 1.95 bits per heavy atom. The summed E-state index contributed by atoms with van der Waals surface area (Å²) in [5, 5.41) is 11.8. The van der Waals surface area contributed by atoms with E-state index in [4.69, 9.17) is 0 Å². The van der Waals surface area contributed by atoms with E-state index in [1.54, 1.807) is 0 Å². The van der Waals surface area contributed by atoms with Gasteiger partial charge in [-0.05, 0) is 12.0 Å². The number of aliphatic hydroxyl groups is 1. The standard InChI is InChI=1S/C14H18F3NO3/c15-14(16,17)10-21-7-6-13(20)18-12(9-19)8-11-4-2-1-3-5-11/h1-5,12,19H,6-10H2,(H,18,20). The van der Waals surface area contributed by atoms with Gasteiger partial charge in [0.05, 0.1) is 19.3 Å². The molecule has 1 amide bonds. The number of rotatable bonds is 8. The summed E-state index contributed by atoms with van der Waals surface area (Å²) in [5.74, 6) is -0.452. The molecule has 0 aliphatic carbocycles. The fraction of sp³-hybridized carbons (Fsp3) is 0.500. The van der Waals surface area contributed by atoms with Gasteiger partial charge in [0.15, 0.2) is 0 Å². The molecule has 1 unspecified atom stereocenters. The van der Waals surface area contributed by atoms with E-state index in [0.29, 0.717) is 6.42 Å². The first-order chi connectivity index (χ1) is 9.90. The molecule has 118 valence electrons. The van der Waals surface area contributed by atoms with Gasteiger partial charge in [-0.15, -0.1) is 0 Å². The van der Waals surface area contributed by atoms with Gasteiger partial charge in [-0.2, -0.15) is 13.2 Å². The van der Waals surface area contributed by atoms with Crippen LogP contribution in [0, 0.1) is 0 Å². The number of carbonyl (C=O) groups is 1. The fourth-order valence-corrected chi connectivity index (χ4v) is 1.71. The molecule has 0 saturated heterocycles. The molecule has 4 nitrogen and oxygen atoms in total. The second-order valence-corrected chi connectivity index (χ2v) is 4.55. The average molecular weight is 305 g/mol. The Balaban J connectivity index is 2.28. The smallest absolute Gasteiger partial charge is 0.394 e. The third-order valence-corrected chi connectivity index (χ3v) is 2.65. The number of alkyl halides is 3. The Morgan fingerprint density at radius 3 is 2.52 bits per heavy atom. The lowest BCUT2D eigenvalue weighted by Crippen LogP contribution is -2.39. The van der Waals surface area contributed by atoms with E-state index < -0.39 is 24.7 Å². The largest absolute Gasteiger partial charge is 0.411 e. The number of nitrogens with one attached hydrogen (secondary N) is 1. The predicted octanol–water partition coefficient (Wildman–Crippen LogP) is 1.68. The van der Waals surface area contributed by atoms with E-state index in [2.05, 4.69) is 10.1 Å². The summed E-state index contributed by atoms with van der Waals surface area (Å²) in [6.45, 7) is -1.92. The maximum Gasteiger partial charge on any atom is 0.411 e. The summed E-state index contributed by atoms with van der Waals surface area (Å²) < 4.78 is 39.8. The molecule has 1 atom stereocenters. The zero-order valence-electron chi connectivity index (χ0n) is 11.4. The van der Waals surface area contributed by atoms with Crippen molar-refractivity contribution in [3.05, 3.63) is 35.9 Å². The van der Waals surface area contributed by atoms with Gasteiger partial charge >= 0.3 is 6.18 Å². The molecular weight excluding hydrogens is 287 g/mol. The quantitative estimate of drug-likeness (QED) is 0.718. The van der Waals surface area contributed by atoms with Crippen molar-refractivity contribution in [2.24, 2.45) is 0 Å². The fourth-order valence-electron chi connectivity index (χ4n) is 1.71. The topological polar surface area (TPSA) is 58.6 Å². The number of carbonyl (C=O) groups excluding carboxylic acids is 1. The molecule has 0 saturated carbocycles. The molecule has 0 radical (unpaired) electrons. The molecule has 0 aliphatic heterocycles. The van der Waals surface area contributed by atoms with Crippen LogP contribution < -0.4 is 5.32 Å². The number of aliphatic hydroxyl groups excluding tert-OH is 1. The number of amides is 1. The van der Waals surface area contributed by atoms with E-state index in [9.17, 15) is 23.1 Å². The van der Waals surface area contributed by atoms with E-state index in [1.165, 1.54) is 0 Å². The molecule has 1 rings (SSSR count). The van der Waals surface area contributed by atoms with E-state index in [-0.39, 0.29) is 19.6 Å². The van der Waals surface area contributed by atoms with Gasteiger partial charge in [-0.3, -0.25) is 4.79 Å². The highest BCUT2D eigenvalue weighted by Crippen LogP contribution is 2.14. The third-order valence-electron chi connectivity index (χ3n) is 2.65. The first kappa shape index (κ1) is 17.5. The molecule has 0 spiro atoms. The number of ether oxygens (including phenoxy) is 1. The van der Waals surface area contributed by atoms with E-state index in [1.807, 2.05) is 30.3 Å². The van der Waals surface area contributed by atoms with Crippen LogP contribution in [0.3, 0.4) is 0 Å². The minimum absolute atomic E-state index is 0.179. The van der Waals surface area contributed by atoms with Crippen molar-refractivity contribution >= 4 is 5.91 Å². The number of benzene rings is 1. The summed E-state index contributed by atoms with van der Waals surface area (Å²) in [5.41, 5.74) is 0.949. The third kappa shape index (κ3) is 8.31.